The van der Waals surface area contributed by atoms with E-state index in [0.29, 0.717) is 5.92 Å². The maximum absolute atomic E-state index is 12.5. The van der Waals surface area contributed by atoms with Crippen LogP contribution < -0.4 is 5.32 Å². The Labute approximate surface area is 130 Å². The van der Waals surface area contributed by atoms with Crippen LogP contribution in [0.15, 0.2) is 36.4 Å². The number of allylic oxidation sites excluding steroid dienone is 2. The van der Waals surface area contributed by atoms with Crippen LogP contribution in [0.2, 0.25) is 0 Å². The Balaban J connectivity index is 1.74. The number of aliphatic carboxylic acids is 1. The first kappa shape index (κ1) is 14.8. The minimum Gasteiger partial charge on any atom is -0.481 e. The van der Waals surface area contributed by atoms with Gasteiger partial charge in [-0.3, -0.25) is 9.59 Å². The third-order valence-electron chi connectivity index (χ3n) is 4.89. The highest BCUT2D eigenvalue weighted by atomic mass is 16.4. The molecule has 116 valence electrons. The van der Waals surface area contributed by atoms with E-state index in [0.717, 1.165) is 12.1 Å². The third kappa shape index (κ3) is 2.54. The molecular weight excluding hydrogens is 278 g/mol. The molecule has 1 amide bonds. The van der Waals surface area contributed by atoms with Gasteiger partial charge in [0.05, 0.1) is 11.8 Å². The molecule has 2 N–H and O–H groups in total. The number of anilines is 1. The van der Waals surface area contributed by atoms with Crippen molar-refractivity contribution in [3.05, 3.63) is 42.0 Å². The van der Waals surface area contributed by atoms with Crippen LogP contribution in [-0.4, -0.2) is 17.0 Å². The van der Waals surface area contributed by atoms with Crippen LogP contribution in [0.3, 0.4) is 0 Å². The zero-order valence-electron chi connectivity index (χ0n) is 12.8. The average Bonchev–Trinajstić information content (AvgIpc) is 3.08. The quantitative estimate of drug-likeness (QED) is 0.839. The first-order valence-corrected chi connectivity index (χ1v) is 7.79. The second-order valence-corrected chi connectivity index (χ2v) is 6.60. The fraction of sp³-hybridized carbons (Fsp3) is 0.444. The first-order chi connectivity index (χ1) is 10.5. The van der Waals surface area contributed by atoms with Crippen molar-refractivity contribution < 1.29 is 14.7 Å². The SMILES string of the molecule is CC(C)c1ccc(NC(=O)[C@H]2[C@H](C(=O)O)[C@H]3C=C[C@H]2C3)cc1. The summed E-state index contributed by atoms with van der Waals surface area (Å²) in [7, 11) is 0. The normalized spacial score (nSPS) is 29.0. The summed E-state index contributed by atoms with van der Waals surface area (Å²) in [5.74, 6) is -1.60. The summed E-state index contributed by atoms with van der Waals surface area (Å²) >= 11 is 0. The average molecular weight is 299 g/mol. The lowest BCUT2D eigenvalue weighted by molar-refractivity contribution is -0.146. The van der Waals surface area contributed by atoms with E-state index in [1.54, 1.807) is 0 Å². The number of nitrogens with one attached hydrogen (secondary N) is 1. The Morgan fingerprint density at radius 3 is 2.23 bits per heavy atom. The van der Waals surface area contributed by atoms with Gasteiger partial charge < -0.3 is 10.4 Å². The number of rotatable bonds is 4. The standard InChI is InChI=1S/C18H21NO3/c1-10(2)11-5-7-14(8-6-11)19-17(20)15-12-3-4-13(9-12)16(15)18(21)22/h3-8,10,12-13,15-16H,9H2,1-2H3,(H,19,20)(H,21,22)/t12-,13-,15+,16+/m0/s1. The van der Waals surface area contributed by atoms with Crippen LogP contribution in [0.4, 0.5) is 5.69 Å². The van der Waals surface area contributed by atoms with Crippen molar-refractivity contribution >= 4 is 17.6 Å². The molecule has 3 rings (SSSR count). The van der Waals surface area contributed by atoms with E-state index < -0.39 is 17.8 Å². The van der Waals surface area contributed by atoms with Crippen molar-refractivity contribution in [2.24, 2.45) is 23.7 Å². The Kier molecular flexibility index (Phi) is 3.77. The topological polar surface area (TPSA) is 66.4 Å². The van der Waals surface area contributed by atoms with Crippen LogP contribution in [0, 0.1) is 23.7 Å². The van der Waals surface area contributed by atoms with E-state index >= 15 is 0 Å². The number of amides is 1. The number of hydrogen-bond donors (Lipinski definition) is 2. The maximum atomic E-state index is 12.5. The lowest BCUT2D eigenvalue weighted by Gasteiger charge is -2.23. The fourth-order valence-electron chi connectivity index (χ4n) is 3.69. The molecule has 1 aromatic rings. The molecule has 1 fully saturated rings. The second-order valence-electron chi connectivity index (χ2n) is 6.60. The van der Waals surface area contributed by atoms with Gasteiger partial charge in [-0.2, -0.15) is 0 Å². The summed E-state index contributed by atoms with van der Waals surface area (Å²) in [5.41, 5.74) is 1.94. The molecule has 2 aliphatic carbocycles. The Morgan fingerprint density at radius 1 is 1.09 bits per heavy atom. The predicted octanol–water partition coefficient (Wildman–Crippen LogP) is 3.27. The fourth-order valence-corrected chi connectivity index (χ4v) is 3.69. The van der Waals surface area contributed by atoms with Gasteiger partial charge in [0.15, 0.2) is 0 Å². The van der Waals surface area contributed by atoms with Crippen molar-refractivity contribution in [1.29, 1.82) is 0 Å². The molecule has 1 saturated carbocycles. The zero-order chi connectivity index (χ0) is 15.9. The van der Waals surface area contributed by atoms with Crippen molar-refractivity contribution in [3.8, 4) is 0 Å². The van der Waals surface area contributed by atoms with Gasteiger partial charge in [0.2, 0.25) is 5.91 Å². The number of carbonyl (C=O) groups excluding carboxylic acids is 1. The molecule has 2 aliphatic rings. The van der Waals surface area contributed by atoms with Crippen molar-refractivity contribution in [1.82, 2.24) is 0 Å². The monoisotopic (exact) mass is 299 g/mol. The molecule has 0 heterocycles. The minimum absolute atomic E-state index is 0.00145. The number of benzene rings is 1. The second kappa shape index (κ2) is 5.59. The minimum atomic E-state index is -0.868. The van der Waals surface area contributed by atoms with Gasteiger partial charge >= 0.3 is 5.97 Å². The van der Waals surface area contributed by atoms with Gasteiger partial charge in [-0.25, -0.2) is 0 Å². The van der Waals surface area contributed by atoms with E-state index in [1.165, 1.54) is 5.56 Å². The molecule has 0 saturated heterocycles. The summed E-state index contributed by atoms with van der Waals surface area (Å²) < 4.78 is 0. The molecule has 0 unspecified atom stereocenters. The van der Waals surface area contributed by atoms with Crippen LogP contribution in [0.25, 0.3) is 0 Å². The van der Waals surface area contributed by atoms with E-state index in [1.807, 2.05) is 36.4 Å². The molecule has 4 heteroatoms. The Morgan fingerprint density at radius 2 is 1.68 bits per heavy atom. The summed E-state index contributed by atoms with van der Waals surface area (Å²) in [5, 5.41) is 12.3. The van der Waals surface area contributed by atoms with Crippen LogP contribution in [0.1, 0.15) is 31.7 Å². The summed E-state index contributed by atoms with van der Waals surface area (Å²) in [4.78, 5) is 24.0. The predicted molar refractivity (Wildman–Crippen MR) is 84.5 cm³/mol. The summed E-state index contributed by atoms with van der Waals surface area (Å²) in [6, 6.07) is 7.75. The van der Waals surface area contributed by atoms with Gasteiger partial charge in [0.1, 0.15) is 0 Å². The number of carbonyl (C=O) groups is 2. The number of carboxylic acid groups (broad SMARTS) is 1. The molecule has 22 heavy (non-hydrogen) atoms. The Bertz CT molecular complexity index is 618. The third-order valence-corrected chi connectivity index (χ3v) is 4.89. The van der Waals surface area contributed by atoms with Crippen molar-refractivity contribution in [2.45, 2.75) is 26.2 Å². The van der Waals surface area contributed by atoms with Gasteiger partial charge in [-0.1, -0.05) is 38.1 Å². The number of carboxylic acids is 1. The molecule has 0 radical (unpaired) electrons. The molecule has 0 aromatic heterocycles. The van der Waals surface area contributed by atoms with Gasteiger partial charge in [0.25, 0.3) is 0 Å². The highest BCUT2D eigenvalue weighted by Gasteiger charge is 2.51. The molecule has 4 nitrogen and oxygen atoms in total. The Hall–Kier alpha value is -2.10. The molecule has 1 aromatic carbocycles. The van der Waals surface area contributed by atoms with Crippen LogP contribution in [-0.2, 0) is 9.59 Å². The number of hydrogen-bond acceptors (Lipinski definition) is 2. The van der Waals surface area contributed by atoms with Crippen LogP contribution in [0.5, 0.6) is 0 Å². The summed E-state index contributed by atoms with van der Waals surface area (Å²) in [6.45, 7) is 4.24. The first-order valence-electron chi connectivity index (χ1n) is 7.79. The molecular formula is C18H21NO3. The lowest BCUT2D eigenvalue weighted by atomic mass is 9.82. The summed E-state index contributed by atoms with van der Waals surface area (Å²) in [6.07, 6.45) is 4.72. The highest BCUT2D eigenvalue weighted by molar-refractivity contribution is 5.96. The van der Waals surface area contributed by atoms with E-state index in [-0.39, 0.29) is 17.7 Å². The smallest absolute Gasteiger partial charge is 0.307 e. The van der Waals surface area contributed by atoms with Crippen molar-refractivity contribution in [2.75, 3.05) is 5.32 Å². The molecule has 2 bridgehead atoms. The van der Waals surface area contributed by atoms with Gasteiger partial charge in [-0.05, 0) is 41.9 Å². The van der Waals surface area contributed by atoms with E-state index in [9.17, 15) is 14.7 Å². The zero-order valence-corrected chi connectivity index (χ0v) is 12.8. The molecule has 0 aliphatic heterocycles. The van der Waals surface area contributed by atoms with Crippen LogP contribution >= 0.6 is 0 Å². The maximum Gasteiger partial charge on any atom is 0.307 e. The molecule has 0 spiro atoms. The molecule has 4 atom stereocenters. The van der Waals surface area contributed by atoms with E-state index in [2.05, 4.69) is 19.2 Å². The van der Waals surface area contributed by atoms with Gasteiger partial charge in [-0.15, -0.1) is 0 Å². The van der Waals surface area contributed by atoms with E-state index in [4.69, 9.17) is 0 Å². The lowest BCUT2D eigenvalue weighted by Crippen LogP contribution is -2.36. The van der Waals surface area contributed by atoms with Gasteiger partial charge in [0, 0.05) is 5.69 Å². The largest absolute Gasteiger partial charge is 0.481 e. The number of fused-ring (bicyclic) bond motifs is 2. The van der Waals surface area contributed by atoms with Crippen molar-refractivity contribution in [3.63, 3.8) is 0 Å². The highest BCUT2D eigenvalue weighted by Crippen LogP contribution is 2.48.